The highest BCUT2D eigenvalue weighted by molar-refractivity contribution is 5.68. The first-order valence-corrected chi connectivity index (χ1v) is 6.31. The second-order valence-electron chi connectivity index (χ2n) is 4.92. The lowest BCUT2D eigenvalue weighted by molar-refractivity contribution is 0.967. The van der Waals surface area contributed by atoms with Crippen LogP contribution in [0.15, 0.2) is 18.2 Å². The van der Waals surface area contributed by atoms with Crippen LogP contribution in [0.4, 0.5) is 0 Å². The first kappa shape index (κ1) is 13.2. The highest BCUT2D eigenvalue weighted by Crippen LogP contribution is 2.27. The maximum absolute atomic E-state index is 8.79. The van der Waals surface area contributed by atoms with Crippen molar-refractivity contribution < 1.29 is 0 Å². The molecule has 3 nitrogen and oxygen atoms in total. The summed E-state index contributed by atoms with van der Waals surface area (Å²) >= 11 is 0. The number of aromatic nitrogens is 2. The summed E-state index contributed by atoms with van der Waals surface area (Å²) in [6, 6.07) is 8.39. The fraction of sp³-hybridized carbons (Fsp3) is 0.312. The van der Waals surface area contributed by atoms with E-state index in [1.54, 1.807) is 0 Å². The molecule has 2 rings (SSSR count). The molecule has 96 valence electrons. The minimum atomic E-state index is 0.249. The second-order valence-corrected chi connectivity index (χ2v) is 4.92. The first-order valence-electron chi connectivity index (χ1n) is 6.31. The summed E-state index contributed by atoms with van der Waals surface area (Å²) in [6.07, 6.45) is 0.249. The number of rotatable bonds is 2. The predicted octanol–water partition coefficient (Wildman–Crippen LogP) is 3.44. The van der Waals surface area contributed by atoms with Crippen molar-refractivity contribution in [3.8, 4) is 17.3 Å². The molecule has 0 saturated carbocycles. The molecule has 0 fully saturated rings. The molecule has 3 heteroatoms. The van der Waals surface area contributed by atoms with Gasteiger partial charge in [0.15, 0.2) is 0 Å². The lowest BCUT2D eigenvalue weighted by Gasteiger charge is -2.12. The van der Waals surface area contributed by atoms with Gasteiger partial charge in [-0.1, -0.05) is 17.7 Å². The van der Waals surface area contributed by atoms with Crippen LogP contribution in [0, 0.1) is 39.0 Å². The number of benzene rings is 1. The Balaban J connectivity index is 2.62. The van der Waals surface area contributed by atoms with Crippen molar-refractivity contribution >= 4 is 0 Å². The summed E-state index contributed by atoms with van der Waals surface area (Å²) in [7, 11) is 0. The molecule has 0 amide bonds. The lowest BCUT2D eigenvalue weighted by atomic mass is 9.97. The van der Waals surface area contributed by atoms with Crippen LogP contribution in [-0.2, 0) is 6.42 Å². The fourth-order valence-corrected chi connectivity index (χ4v) is 2.49. The summed E-state index contributed by atoms with van der Waals surface area (Å²) in [6.45, 7) is 8.22. The molecule has 0 atom stereocenters. The van der Waals surface area contributed by atoms with Gasteiger partial charge in [0.05, 0.1) is 18.2 Å². The van der Waals surface area contributed by atoms with Gasteiger partial charge in [0.2, 0.25) is 0 Å². The molecule has 0 saturated heterocycles. The Morgan fingerprint density at radius 2 is 1.63 bits per heavy atom. The number of nitriles is 1. The van der Waals surface area contributed by atoms with E-state index in [2.05, 4.69) is 48.9 Å². The molecule has 0 spiro atoms. The standard InChI is InChI=1S/C16H17N3/c1-10-7-11(2)16(12(3)8-10)14-9-13(4)18-15(19-14)5-6-17/h7-9H,5H2,1-4H3. The SMILES string of the molecule is Cc1cc(C)c(-c2cc(C)nc(CC#N)n2)c(C)c1. The van der Waals surface area contributed by atoms with Crippen molar-refractivity contribution in [1.82, 2.24) is 9.97 Å². The topological polar surface area (TPSA) is 49.6 Å². The van der Waals surface area contributed by atoms with E-state index in [0.29, 0.717) is 5.82 Å². The molecule has 0 N–H and O–H groups in total. The van der Waals surface area contributed by atoms with Gasteiger partial charge in [-0.3, -0.25) is 0 Å². The molecule has 0 bridgehead atoms. The van der Waals surface area contributed by atoms with Crippen molar-refractivity contribution in [2.75, 3.05) is 0 Å². The Morgan fingerprint density at radius 3 is 2.21 bits per heavy atom. The summed E-state index contributed by atoms with van der Waals surface area (Å²) in [5.41, 5.74) is 6.62. The van der Waals surface area contributed by atoms with Crippen LogP contribution in [-0.4, -0.2) is 9.97 Å². The zero-order valence-electron chi connectivity index (χ0n) is 11.8. The summed E-state index contributed by atoms with van der Waals surface area (Å²) < 4.78 is 0. The summed E-state index contributed by atoms with van der Waals surface area (Å²) in [5.74, 6) is 0.594. The van der Waals surface area contributed by atoms with Crippen LogP contribution < -0.4 is 0 Å². The lowest BCUT2D eigenvalue weighted by Crippen LogP contribution is -2.00. The summed E-state index contributed by atoms with van der Waals surface area (Å²) in [5, 5.41) is 8.79. The number of hydrogen-bond acceptors (Lipinski definition) is 3. The Morgan fingerprint density at radius 1 is 1.00 bits per heavy atom. The average Bonchev–Trinajstić information content (AvgIpc) is 2.26. The number of aryl methyl sites for hydroxylation is 4. The molecule has 1 aromatic heterocycles. The van der Waals surface area contributed by atoms with E-state index in [1.165, 1.54) is 16.7 Å². The van der Waals surface area contributed by atoms with E-state index in [0.717, 1.165) is 17.0 Å². The third kappa shape index (κ3) is 2.79. The molecule has 2 aromatic rings. The zero-order chi connectivity index (χ0) is 14.0. The van der Waals surface area contributed by atoms with Gasteiger partial charge in [0.1, 0.15) is 5.82 Å². The van der Waals surface area contributed by atoms with E-state index in [-0.39, 0.29) is 6.42 Å². The largest absolute Gasteiger partial charge is 0.237 e. The van der Waals surface area contributed by atoms with E-state index in [9.17, 15) is 0 Å². The molecule has 0 radical (unpaired) electrons. The normalized spacial score (nSPS) is 10.3. The van der Waals surface area contributed by atoms with Crippen LogP contribution in [0.3, 0.4) is 0 Å². The van der Waals surface area contributed by atoms with Crippen molar-refractivity contribution in [2.45, 2.75) is 34.1 Å². The Kier molecular flexibility index (Phi) is 3.62. The van der Waals surface area contributed by atoms with E-state index >= 15 is 0 Å². The van der Waals surface area contributed by atoms with Crippen LogP contribution in [0.25, 0.3) is 11.3 Å². The minimum Gasteiger partial charge on any atom is -0.237 e. The van der Waals surface area contributed by atoms with Crippen molar-refractivity contribution in [1.29, 1.82) is 5.26 Å². The van der Waals surface area contributed by atoms with Gasteiger partial charge in [0, 0.05) is 11.3 Å². The highest BCUT2D eigenvalue weighted by atomic mass is 14.9. The van der Waals surface area contributed by atoms with Gasteiger partial charge in [-0.05, 0) is 44.9 Å². The molecule has 0 aliphatic rings. The summed E-state index contributed by atoms with van der Waals surface area (Å²) in [4.78, 5) is 8.80. The average molecular weight is 251 g/mol. The van der Waals surface area contributed by atoms with Crippen LogP contribution >= 0.6 is 0 Å². The van der Waals surface area contributed by atoms with Gasteiger partial charge in [-0.15, -0.1) is 0 Å². The molecule has 0 unspecified atom stereocenters. The van der Waals surface area contributed by atoms with Gasteiger partial charge in [-0.2, -0.15) is 5.26 Å². The van der Waals surface area contributed by atoms with Crippen LogP contribution in [0.5, 0.6) is 0 Å². The maximum Gasteiger partial charge on any atom is 0.143 e. The second kappa shape index (κ2) is 5.19. The smallest absolute Gasteiger partial charge is 0.143 e. The molecule has 0 aliphatic heterocycles. The number of hydrogen-bond donors (Lipinski definition) is 0. The van der Waals surface area contributed by atoms with Crippen LogP contribution in [0.2, 0.25) is 0 Å². The quantitative estimate of drug-likeness (QED) is 0.821. The molecular formula is C16H17N3. The highest BCUT2D eigenvalue weighted by Gasteiger charge is 2.10. The van der Waals surface area contributed by atoms with Gasteiger partial charge in [0.25, 0.3) is 0 Å². The Bertz CT molecular complexity index is 643. The van der Waals surface area contributed by atoms with Crippen LogP contribution in [0.1, 0.15) is 28.2 Å². The van der Waals surface area contributed by atoms with Gasteiger partial charge < -0.3 is 0 Å². The molecular weight excluding hydrogens is 234 g/mol. The predicted molar refractivity (Wildman–Crippen MR) is 75.7 cm³/mol. The minimum absolute atomic E-state index is 0.249. The number of nitrogens with zero attached hydrogens (tertiary/aromatic N) is 3. The van der Waals surface area contributed by atoms with Gasteiger partial charge >= 0.3 is 0 Å². The van der Waals surface area contributed by atoms with Gasteiger partial charge in [-0.25, -0.2) is 9.97 Å². The molecule has 1 aromatic carbocycles. The van der Waals surface area contributed by atoms with Crippen molar-refractivity contribution in [2.24, 2.45) is 0 Å². The Hall–Kier alpha value is -2.21. The van der Waals surface area contributed by atoms with E-state index in [4.69, 9.17) is 5.26 Å². The Labute approximate surface area is 114 Å². The monoisotopic (exact) mass is 251 g/mol. The van der Waals surface area contributed by atoms with E-state index in [1.807, 2.05) is 13.0 Å². The molecule has 1 heterocycles. The molecule has 0 aliphatic carbocycles. The van der Waals surface area contributed by atoms with Crippen molar-refractivity contribution in [3.05, 3.63) is 46.4 Å². The zero-order valence-corrected chi connectivity index (χ0v) is 11.8. The van der Waals surface area contributed by atoms with E-state index < -0.39 is 0 Å². The third-order valence-corrected chi connectivity index (χ3v) is 3.07. The fourth-order valence-electron chi connectivity index (χ4n) is 2.49. The maximum atomic E-state index is 8.79. The van der Waals surface area contributed by atoms with Crippen molar-refractivity contribution in [3.63, 3.8) is 0 Å². The first-order chi connectivity index (χ1) is 9.01. The third-order valence-electron chi connectivity index (χ3n) is 3.07. The molecule has 19 heavy (non-hydrogen) atoms.